The molecule has 1 aromatic carbocycles. The van der Waals surface area contributed by atoms with Crippen LogP contribution in [0.3, 0.4) is 0 Å². The van der Waals surface area contributed by atoms with Gasteiger partial charge in [0.2, 0.25) is 5.91 Å². The second kappa shape index (κ2) is 7.77. The highest BCUT2D eigenvalue weighted by molar-refractivity contribution is 5.81. The largest absolute Gasteiger partial charge is 0.392 e. The third kappa shape index (κ3) is 4.75. The highest BCUT2D eigenvalue weighted by Crippen LogP contribution is 2.20. The van der Waals surface area contributed by atoms with E-state index in [0.717, 1.165) is 0 Å². The molecule has 0 saturated heterocycles. The fraction of sp³-hybridized carbons (Fsp3) is 0.400. The third-order valence-electron chi connectivity index (χ3n) is 3.08. The minimum absolute atomic E-state index is 0.276. The monoisotopic (exact) mass is 280 g/mol. The van der Waals surface area contributed by atoms with Gasteiger partial charge >= 0.3 is 0 Å². The molecule has 2 atom stereocenters. The average Bonchev–Trinajstić information content (AvgIpc) is 2.36. The van der Waals surface area contributed by atoms with Crippen molar-refractivity contribution in [3.63, 3.8) is 0 Å². The Labute approximate surface area is 118 Å². The molecule has 0 aromatic heterocycles. The molecule has 2 unspecified atom stereocenters. The molecule has 0 saturated carbocycles. The van der Waals surface area contributed by atoms with E-state index in [9.17, 15) is 14.3 Å². The summed E-state index contributed by atoms with van der Waals surface area (Å²) in [6, 6.07) is 5.00. The van der Waals surface area contributed by atoms with Crippen LogP contribution in [0.5, 0.6) is 0 Å². The molecule has 0 fully saturated rings. The van der Waals surface area contributed by atoms with Gasteiger partial charge in [0.25, 0.3) is 0 Å². The predicted octanol–water partition coefficient (Wildman–Crippen LogP) is 1.61. The Hall–Kier alpha value is -1.72. The average molecular weight is 280 g/mol. The number of nitrogens with two attached hydrogens (primary N) is 1. The Morgan fingerprint density at radius 1 is 1.60 bits per heavy atom. The number of hydrogen-bond acceptors (Lipinski definition) is 3. The van der Waals surface area contributed by atoms with E-state index in [4.69, 9.17) is 5.73 Å². The van der Waals surface area contributed by atoms with Crippen molar-refractivity contribution < 1.29 is 14.3 Å². The molecule has 1 rings (SSSR count). The van der Waals surface area contributed by atoms with Crippen molar-refractivity contribution in [1.82, 2.24) is 4.90 Å². The smallest absolute Gasteiger partial charge is 0.239 e. The first kappa shape index (κ1) is 16.3. The van der Waals surface area contributed by atoms with E-state index in [1.807, 2.05) is 0 Å². The van der Waals surface area contributed by atoms with Gasteiger partial charge in [-0.25, -0.2) is 4.39 Å². The van der Waals surface area contributed by atoms with Gasteiger partial charge in [0.1, 0.15) is 11.9 Å². The Kier molecular flexibility index (Phi) is 6.35. The lowest BCUT2D eigenvalue weighted by Crippen LogP contribution is -2.39. The lowest BCUT2D eigenvalue weighted by atomic mass is 10.0. The number of allylic oxidation sites excluding steroid dienone is 1. The number of nitrogens with zero attached hydrogens (tertiary/aromatic N) is 1. The SMILES string of the molecule is C=CCCC(O)CN(C)C(C(N)=O)c1cccc(F)c1. The summed E-state index contributed by atoms with van der Waals surface area (Å²) in [6.07, 6.45) is 2.38. The normalized spacial score (nSPS) is 14.0. The van der Waals surface area contributed by atoms with Crippen LogP contribution in [0.15, 0.2) is 36.9 Å². The summed E-state index contributed by atoms with van der Waals surface area (Å²) in [4.78, 5) is 13.2. The van der Waals surface area contributed by atoms with E-state index < -0.39 is 23.9 Å². The zero-order valence-electron chi connectivity index (χ0n) is 11.6. The second-order valence-corrected chi connectivity index (χ2v) is 4.82. The number of carbonyl (C=O) groups is 1. The van der Waals surface area contributed by atoms with Crippen LogP contribution in [-0.4, -0.2) is 35.6 Å². The van der Waals surface area contributed by atoms with E-state index in [2.05, 4.69) is 6.58 Å². The van der Waals surface area contributed by atoms with Crippen LogP contribution in [0, 0.1) is 5.82 Å². The van der Waals surface area contributed by atoms with E-state index in [1.54, 1.807) is 24.1 Å². The van der Waals surface area contributed by atoms with Crippen LogP contribution in [0.4, 0.5) is 4.39 Å². The Balaban J connectivity index is 2.80. The molecule has 0 aliphatic heterocycles. The summed E-state index contributed by atoms with van der Waals surface area (Å²) in [5.74, 6) is -0.997. The van der Waals surface area contributed by atoms with Crippen molar-refractivity contribution >= 4 is 5.91 Å². The molecule has 0 radical (unpaired) electrons. The molecule has 20 heavy (non-hydrogen) atoms. The fourth-order valence-corrected chi connectivity index (χ4v) is 2.15. The summed E-state index contributed by atoms with van der Waals surface area (Å²) in [7, 11) is 1.68. The maximum Gasteiger partial charge on any atom is 0.239 e. The molecule has 0 aliphatic carbocycles. The Bertz CT molecular complexity index is 465. The third-order valence-corrected chi connectivity index (χ3v) is 3.08. The molecule has 0 spiro atoms. The number of aliphatic hydroxyl groups is 1. The molecular formula is C15H21FN2O2. The van der Waals surface area contributed by atoms with Crippen LogP contribution in [0.1, 0.15) is 24.4 Å². The molecule has 0 bridgehead atoms. The topological polar surface area (TPSA) is 66.6 Å². The quantitative estimate of drug-likeness (QED) is 0.711. The summed E-state index contributed by atoms with van der Waals surface area (Å²) in [6.45, 7) is 3.87. The van der Waals surface area contributed by atoms with Gasteiger partial charge in [-0.15, -0.1) is 6.58 Å². The van der Waals surface area contributed by atoms with Crippen molar-refractivity contribution in [2.45, 2.75) is 25.0 Å². The first-order chi connectivity index (χ1) is 9.45. The Morgan fingerprint density at radius 2 is 2.30 bits per heavy atom. The van der Waals surface area contributed by atoms with Crippen molar-refractivity contribution in [3.05, 3.63) is 48.3 Å². The number of benzene rings is 1. The van der Waals surface area contributed by atoms with Gasteiger partial charge < -0.3 is 10.8 Å². The summed E-state index contributed by atoms with van der Waals surface area (Å²) >= 11 is 0. The van der Waals surface area contributed by atoms with Gasteiger partial charge in [-0.2, -0.15) is 0 Å². The molecule has 4 nitrogen and oxygen atoms in total. The maximum atomic E-state index is 13.3. The minimum Gasteiger partial charge on any atom is -0.392 e. The highest BCUT2D eigenvalue weighted by Gasteiger charge is 2.24. The van der Waals surface area contributed by atoms with E-state index in [-0.39, 0.29) is 6.54 Å². The van der Waals surface area contributed by atoms with Gasteiger partial charge in [0.05, 0.1) is 6.10 Å². The van der Waals surface area contributed by atoms with E-state index in [1.165, 1.54) is 18.2 Å². The highest BCUT2D eigenvalue weighted by atomic mass is 19.1. The molecule has 5 heteroatoms. The van der Waals surface area contributed by atoms with Crippen molar-refractivity contribution in [3.8, 4) is 0 Å². The molecule has 0 heterocycles. The van der Waals surface area contributed by atoms with Gasteiger partial charge in [0.15, 0.2) is 0 Å². The predicted molar refractivity (Wildman–Crippen MR) is 76.4 cm³/mol. The standard InChI is InChI=1S/C15H21FN2O2/c1-3-4-8-13(19)10-18(2)14(15(17)20)11-6-5-7-12(16)9-11/h3,5-7,9,13-14,19H,1,4,8,10H2,2H3,(H2,17,20). The molecular weight excluding hydrogens is 259 g/mol. The first-order valence-electron chi connectivity index (χ1n) is 6.49. The van der Waals surface area contributed by atoms with Gasteiger partial charge in [-0.05, 0) is 37.6 Å². The zero-order chi connectivity index (χ0) is 15.1. The van der Waals surface area contributed by atoms with Crippen LogP contribution < -0.4 is 5.73 Å². The van der Waals surface area contributed by atoms with Crippen LogP contribution in [0.25, 0.3) is 0 Å². The minimum atomic E-state index is -0.760. The zero-order valence-corrected chi connectivity index (χ0v) is 11.6. The summed E-state index contributed by atoms with van der Waals surface area (Å²) < 4.78 is 13.3. The van der Waals surface area contributed by atoms with E-state index in [0.29, 0.717) is 18.4 Å². The summed E-state index contributed by atoms with van der Waals surface area (Å²) in [5.41, 5.74) is 5.88. The Morgan fingerprint density at radius 3 is 2.85 bits per heavy atom. The van der Waals surface area contributed by atoms with Gasteiger partial charge in [-0.1, -0.05) is 18.2 Å². The number of likely N-dealkylation sites (N-methyl/N-ethyl adjacent to an activating group) is 1. The molecule has 1 aromatic rings. The number of rotatable bonds is 8. The van der Waals surface area contributed by atoms with Crippen LogP contribution in [0.2, 0.25) is 0 Å². The maximum absolute atomic E-state index is 13.3. The number of halogens is 1. The number of hydrogen-bond donors (Lipinski definition) is 2. The molecule has 110 valence electrons. The number of amides is 1. The van der Waals surface area contributed by atoms with Crippen molar-refractivity contribution in [2.24, 2.45) is 5.73 Å². The van der Waals surface area contributed by atoms with Gasteiger partial charge in [-0.3, -0.25) is 9.69 Å². The first-order valence-corrected chi connectivity index (χ1v) is 6.49. The molecule has 0 aliphatic rings. The second-order valence-electron chi connectivity index (χ2n) is 4.82. The van der Waals surface area contributed by atoms with Gasteiger partial charge in [0, 0.05) is 6.54 Å². The lowest BCUT2D eigenvalue weighted by Gasteiger charge is -2.27. The molecule has 1 amide bonds. The number of aliphatic hydroxyl groups excluding tert-OH is 1. The molecule has 3 N–H and O–H groups in total. The van der Waals surface area contributed by atoms with Crippen LogP contribution in [-0.2, 0) is 4.79 Å². The number of carbonyl (C=O) groups excluding carboxylic acids is 1. The van der Waals surface area contributed by atoms with Crippen LogP contribution >= 0.6 is 0 Å². The van der Waals surface area contributed by atoms with Crippen molar-refractivity contribution in [1.29, 1.82) is 0 Å². The fourth-order valence-electron chi connectivity index (χ4n) is 2.15. The van der Waals surface area contributed by atoms with Crippen molar-refractivity contribution in [2.75, 3.05) is 13.6 Å². The summed E-state index contributed by atoms with van der Waals surface area (Å²) in [5, 5.41) is 9.87. The van der Waals surface area contributed by atoms with E-state index >= 15 is 0 Å². The lowest BCUT2D eigenvalue weighted by molar-refractivity contribution is -0.123. The number of primary amides is 1.